The predicted octanol–water partition coefficient (Wildman–Crippen LogP) is 4.16. The van der Waals surface area contributed by atoms with Gasteiger partial charge in [-0.3, -0.25) is 9.79 Å². The zero-order chi connectivity index (χ0) is 14.3. The molecule has 0 radical (unpaired) electrons. The van der Waals surface area contributed by atoms with Gasteiger partial charge in [0.15, 0.2) is 5.84 Å². The van der Waals surface area contributed by atoms with Crippen LogP contribution in [0.1, 0.15) is 52.4 Å². The lowest BCUT2D eigenvalue weighted by molar-refractivity contribution is -0.116. The van der Waals surface area contributed by atoms with Crippen molar-refractivity contribution < 1.29 is 4.79 Å². The molecule has 0 aromatic rings. The summed E-state index contributed by atoms with van der Waals surface area (Å²) < 4.78 is 0. The van der Waals surface area contributed by atoms with E-state index in [4.69, 9.17) is 11.6 Å². The van der Waals surface area contributed by atoms with Crippen LogP contribution in [-0.4, -0.2) is 23.3 Å². The summed E-state index contributed by atoms with van der Waals surface area (Å²) in [5.41, 5.74) is 0.795. The Bertz CT molecular complexity index is 399. The minimum absolute atomic E-state index is 0.0135. The summed E-state index contributed by atoms with van der Waals surface area (Å²) in [6.07, 6.45) is 5.54. The van der Waals surface area contributed by atoms with E-state index in [0.717, 1.165) is 44.1 Å². The summed E-state index contributed by atoms with van der Waals surface area (Å²) in [6.45, 7) is 8.66. The summed E-state index contributed by atoms with van der Waals surface area (Å²) in [4.78, 5) is 20.9. The van der Waals surface area contributed by atoms with E-state index in [-0.39, 0.29) is 17.5 Å². The van der Waals surface area contributed by atoms with Crippen LogP contribution in [0.5, 0.6) is 0 Å². The lowest BCUT2D eigenvalue weighted by Crippen LogP contribution is -2.24. The van der Waals surface area contributed by atoms with Gasteiger partial charge in [0.2, 0.25) is 5.78 Å². The number of amidine groups is 1. The fourth-order valence-electron chi connectivity index (χ4n) is 2.07. The molecule has 0 N–H and O–H groups in total. The monoisotopic (exact) mass is 282 g/mol. The Labute approximate surface area is 120 Å². The number of carbonyl (C=O) groups is 1. The SMILES string of the molecule is C=C1CCCN=C(C(=O)C(CC)CCCC)N=C1Cl. The van der Waals surface area contributed by atoms with Crippen molar-refractivity contribution in [3.8, 4) is 0 Å². The van der Waals surface area contributed by atoms with E-state index in [1.54, 1.807) is 0 Å². The number of hydrogen-bond acceptors (Lipinski definition) is 3. The number of unbranched alkanes of at least 4 members (excludes halogenated alkanes) is 1. The maximum atomic E-state index is 12.4. The lowest BCUT2D eigenvalue weighted by Gasteiger charge is -2.14. The Balaban J connectivity index is 2.85. The van der Waals surface area contributed by atoms with Gasteiger partial charge in [-0.15, -0.1) is 0 Å². The molecule has 1 aliphatic heterocycles. The molecule has 0 amide bonds. The molecule has 0 saturated heterocycles. The van der Waals surface area contributed by atoms with E-state index >= 15 is 0 Å². The number of halogens is 1. The smallest absolute Gasteiger partial charge is 0.202 e. The van der Waals surface area contributed by atoms with E-state index in [2.05, 4.69) is 23.5 Å². The van der Waals surface area contributed by atoms with E-state index < -0.39 is 0 Å². The molecule has 0 saturated carbocycles. The first-order valence-corrected chi connectivity index (χ1v) is 7.48. The maximum Gasteiger partial charge on any atom is 0.202 e. The number of carbonyl (C=O) groups excluding carboxylic acids is 1. The van der Waals surface area contributed by atoms with E-state index in [0.29, 0.717) is 11.7 Å². The van der Waals surface area contributed by atoms with Gasteiger partial charge in [0, 0.05) is 12.5 Å². The first-order chi connectivity index (χ1) is 9.10. The molecule has 1 aliphatic rings. The van der Waals surface area contributed by atoms with Crippen molar-refractivity contribution >= 4 is 28.4 Å². The molecule has 3 nitrogen and oxygen atoms in total. The van der Waals surface area contributed by atoms with Crippen molar-refractivity contribution in [2.24, 2.45) is 15.9 Å². The van der Waals surface area contributed by atoms with E-state index in [1.807, 2.05) is 6.92 Å². The Morgan fingerprint density at radius 2 is 2.21 bits per heavy atom. The molecule has 0 aromatic carbocycles. The standard InChI is InChI=1S/C15H23ClN2O/c1-4-6-9-12(5-2)13(19)15-17-10-7-8-11(3)14(16)18-15/h12H,3-10H2,1-2H3. The van der Waals surface area contributed by atoms with Crippen molar-refractivity contribution in [3.63, 3.8) is 0 Å². The summed E-state index contributed by atoms with van der Waals surface area (Å²) >= 11 is 6.05. The molecule has 0 spiro atoms. The normalized spacial score (nSPS) is 18.2. The number of hydrogen-bond donors (Lipinski definition) is 0. The molecule has 1 heterocycles. The first kappa shape index (κ1) is 16.1. The third-order valence-corrected chi connectivity index (χ3v) is 3.74. The zero-order valence-electron chi connectivity index (χ0n) is 11.9. The van der Waals surface area contributed by atoms with Gasteiger partial charge in [-0.25, -0.2) is 4.99 Å². The second kappa shape index (κ2) is 8.26. The minimum atomic E-state index is 0.0135. The number of nitrogens with zero attached hydrogens (tertiary/aromatic N) is 2. The Hall–Kier alpha value is -0.960. The number of allylic oxidation sites excluding steroid dienone is 1. The summed E-state index contributed by atoms with van der Waals surface area (Å²) in [5, 5.41) is 0.331. The number of ketones is 1. The Kier molecular flexibility index (Phi) is 7.00. The highest BCUT2D eigenvalue weighted by Crippen LogP contribution is 2.18. The van der Waals surface area contributed by atoms with Gasteiger partial charge < -0.3 is 0 Å². The zero-order valence-corrected chi connectivity index (χ0v) is 12.7. The fourth-order valence-corrected chi connectivity index (χ4v) is 2.25. The van der Waals surface area contributed by atoms with Crippen LogP contribution in [0.2, 0.25) is 0 Å². The van der Waals surface area contributed by atoms with Crippen molar-refractivity contribution in [1.82, 2.24) is 0 Å². The number of Topliss-reactive ketones (excluding diaryl/α,β-unsaturated/α-hetero) is 1. The summed E-state index contributed by atoms with van der Waals surface area (Å²) in [7, 11) is 0. The van der Waals surface area contributed by atoms with Crippen LogP contribution in [-0.2, 0) is 4.79 Å². The van der Waals surface area contributed by atoms with Crippen molar-refractivity contribution in [2.45, 2.75) is 52.4 Å². The molecule has 1 unspecified atom stereocenters. The van der Waals surface area contributed by atoms with Crippen LogP contribution < -0.4 is 0 Å². The molecule has 0 fully saturated rings. The average molecular weight is 283 g/mol. The highest BCUT2D eigenvalue weighted by molar-refractivity contribution is 6.71. The lowest BCUT2D eigenvalue weighted by atomic mass is 9.94. The van der Waals surface area contributed by atoms with Crippen LogP contribution in [0.25, 0.3) is 0 Å². The maximum absolute atomic E-state index is 12.4. The molecule has 106 valence electrons. The van der Waals surface area contributed by atoms with Crippen LogP contribution in [0.15, 0.2) is 22.1 Å². The number of rotatable bonds is 6. The van der Waals surface area contributed by atoms with E-state index in [9.17, 15) is 4.79 Å². The van der Waals surface area contributed by atoms with Crippen LogP contribution >= 0.6 is 11.6 Å². The molecule has 1 rings (SSSR count). The summed E-state index contributed by atoms with van der Waals surface area (Å²) in [5.74, 6) is 0.331. The molecule has 1 atom stereocenters. The first-order valence-electron chi connectivity index (χ1n) is 7.11. The van der Waals surface area contributed by atoms with Gasteiger partial charge in [-0.05, 0) is 31.3 Å². The minimum Gasteiger partial charge on any atom is -0.290 e. The Morgan fingerprint density at radius 1 is 1.47 bits per heavy atom. The second-order valence-corrected chi connectivity index (χ2v) is 5.28. The molecule has 19 heavy (non-hydrogen) atoms. The molecular formula is C15H23ClN2O. The molecule has 0 bridgehead atoms. The second-order valence-electron chi connectivity index (χ2n) is 4.93. The van der Waals surface area contributed by atoms with Crippen LogP contribution in [0.3, 0.4) is 0 Å². The average Bonchev–Trinajstić information content (AvgIpc) is 2.40. The molecular weight excluding hydrogens is 260 g/mol. The van der Waals surface area contributed by atoms with Crippen molar-refractivity contribution in [1.29, 1.82) is 0 Å². The predicted molar refractivity (Wildman–Crippen MR) is 82.3 cm³/mol. The van der Waals surface area contributed by atoms with E-state index in [1.165, 1.54) is 0 Å². The van der Waals surface area contributed by atoms with Crippen LogP contribution in [0, 0.1) is 5.92 Å². The van der Waals surface area contributed by atoms with Crippen molar-refractivity contribution in [3.05, 3.63) is 12.2 Å². The quantitative estimate of drug-likeness (QED) is 0.721. The van der Waals surface area contributed by atoms with Gasteiger partial charge in [0.1, 0.15) is 5.17 Å². The molecule has 0 aromatic heterocycles. The van der Waals surface area contributed by atoms with Crippen LogP contribution in [0.4, 0.5) is 0 Å². The van der Waals surface area contributed by atoms with Gasteiger partial charge in [-0.2, -0.15) is 0 Å². The third-order valence-electron chi connectivity index (χ3n) is 3.38. The van der Waals surface area contributed by atoms with Gasteiger partial charge >= 0.3 is 0 Å². The Morgan fingerprint density at radius 3 is 2.84 bits per heavy atom. The van der Waals surface area contributed by atoms with Crippen molar-refractivity contribution in [2.75, 3.05) is 6.54 Å². The third kappa shape index (κ3) is 4.90. The van der Waals surface area contributed by atoms with Gasteiger partial charge in [0.25, 0.3) is 0 Å². The summed E-state index contributed by atoms with van der Waals surface area (Å²) in [6, 6.07) is 0. The fraction of sp³-hybridized carbons (Fsp3) is 0.667. The number of aliphatic imine (C=N–C) groups is 2. The van der Waals surface area contributed by atoms with Gasteiger partial charge in [-0.1, -0.05) is 44.9 Å². The van der Waals surface area contributed by atoms with Gasteiger partial charge in [0.05, 0.1) is 0 Å². The molecule has 4 heteroatoms. The topological polar surface area (TPSA) is 41.8 Å². The molecule has 0 aliphatic carbocycles. The highest BCUT2D eigenvalue weighted by Gasteiger charge is 2.22. The largest absolute Gasteiger partial charge is 0.290 e. The highest BCUT2D eigenvalue weighted by atomic mass is 35.5.